The molecule has 1 unspecified atom stereocenters. The van der Waals surface area contributed by atoms with Gasteiger partial charge in [0.25, 0.3) is 0 Å². The summed E-state index contributed by atoms with van der Waals surface area (Å²) in [6, 6.07) is 6.17. The van der Waals surface area contributed by atoms with Crippen molar-refractivity contribution in [1.82, 2.24) is 14.8 Å². The molecule has 1 atom stereocenters. The third kappa shape index (κ3) is 5.05. The number of carbonyl (C=O) groups excluding carboxylic acids is 1. The summed E-state index contributed by atoms with van der Waals surface area (Å²) in [6.07, 6.45) is 7.44. The Morgan fingerprint density at radius 1 is 1.26 bits per heavy atom. The summed E-state index contributed by atoms with van der Waals surface area (Å²) >= 11 is 3.54. The quantitative estimate of drug-likeness (QED) is 0.471. The Balaban J connectivity index is 1.46. The van der Waals surface area contributed by atoms with Crippen LogP contribution in [0, 0.1) is 12.8 Å². The molecule has 2 amide bonds. The zero-order chi connectivity index (χ0) is 22.0. The first-order valence-electron chi connectivity index (χ1n) is 11.0. The number of aromatic nitrogens is 1. The number of rotatable bonds is 7. The molecule has 4 heterocycles. The average molecular weight is 457 g/mol. The van der Waals surface area contributed by atoms with Crippen LogP contribution in [-0.2, 0) is 25.9 Å². The predicted molar refractivity (Wildman–Crippen MR) is 132 cm³/mol. The Bertz CT molecular complexity index is 1030. The van der Waals surface area contributed by atoms with Gasteiger partial charge in [0.1, 0.15) is 5.00 Å². The molecule has 0 aromatic carbocycles. The molecular formula is C24H32N4OS2. The fourth-order valence-corrected chi connectivity index (χ4v) is 6.66. The molecule has 3 aromatic rings. The number of thiophene rings is 2. The second kappa shape index (κ2) is 9.59. The van der Waals surface area contributed by atoms with Crippen molar-refractivity contribution in [3.63, 3.8) is 0 Å². The molecule has 0 saturated carbocycles. The third-order valence-electron chi connectivity index (χ3n) is 6.04. The van der Waals surface area contributed by atoms with E-state index in [0.717, 1.165) is 36.5 Å². The molecule has 0 spiro atoms. The molecule has 1 aliphatic rings. The maximum atomic E-state index is 12.7. The number of aryl methyl sites for hydroxylation is 1. The fraction of sp³-hybridized carbons (Fsp3) is 0.458. The van der Waals surface area contributed by atoms with Crippen molar-refractivity contribution in [1.29, 1.82) is 0 Å². The van der Waals surface area contributed by atoms with Crippen molar-refractivity contribution in [2.45, 2.75) is 53.1 Å². The molecule has 3 aromatic heterocycles. The minimum absolute atomic E-state index is 0.133. The van der Waals surface area contributed by atoms with E-state index in [1.807, 2.05) is 23.5 Å². The van der Waals surface area contributed by atoms with Crippen LogP contribution in [0.15, 0.2) is 30.6 Å². The largest absolute Gasteiger partial charge is 0.334 e. The van der Waals surface area contributed by atoms with Gasteiger partial charge in [-0.2, -0.15) is 0 Å². The molecule has 2 N–H and O–H groups in total. The molecule has 31 heavy (non-hydrogen) atoms. The number of urea groups is 1. The van der Waals surface area contributed by atoms with Gasteiger partial charge in [-0.1, -0.05) is 20.3 Å². The highest BCUT2D eigenvalue weighted by atomic mass is 32.1. The van der Waals surface area contributed by atoms with E-state index >= 15 is 0 Å². The number of nitrogens with one attached hydrogen (secondary N) is 2. The summed E-state index contributed by atoms with van der Waals surface area (Å²) in [7, 11) is 2.17. The van der Waals surface area contributed by atoms with Crippen LogP contribution in [0.25, 0.3) is 5.00 Å². The summed E-state index contributed by atoms with van der Waals surface area (Å²) in [5, 5.41) is 8.38. The standard InChI is InChI=1S/C24H32N4OS2/c1-5-16(2)12-18-13-17(3)22(30-18)26-24(29)25-14-20-19-8-11-27(4)15-21(19)31-23(20)28-9-6-7-10-28/h6-7,9-10,13,16H,5,8,11-12,14-15H2,1-4H3,(H2,25,26,29). The van der Waals surface area contributed by atoms with Crippen molar-refractivity contribution in [3.05, 3.63) is 57.0 Å². The minimum atomic E-state index is -0.133. The van der Waals surface area contributed by atoms with E-state index in [9.17, 15) is 4.79 Å². The Hall–Kier alpha value is -2.09. The van der Waals surface area contributed by atoms with E-state index < -0.39 is 0 Å². The maximum Gasteiger partial charge on any atom is 0.320 e. The predicted octanol–water partition coefficient (Wildman–Crippen LogP) is 5.81. The second-order valence-corrected chi connectivity index (χ2v) is 10.8. The molecule has 5 nitrogen and oxygen atoms in total. The maximum absolute atomic E-state index is 12.7. The second-order valence-electron chi connectivity index (χ2n) is 8.62. The number of anilines is 1. The topological polar surface area (TPSA) is 49.3 Å². The molecule has 7 heteroatoms. The number of nitrogens with zero attached hydrogens (tertiary/aromatic N) is 2. The number of hydrogen-bond donors (Lipinski definition) is 2. The van der Waals surface area contributed by atoms with E-state index in [1.54, 1.807) is 11.3 Å². The molecule has 0 bridgehead atoms. The van der Waals surface area contributed by atoms with E-state index in [1.165, 1.54) is 32.3 Å². The monoisotopic (exact) mass is 456 g/mol. The van der Waals surface area contributed by atoms with Gasteiger partial charge < -0.3 is 14.8 Å². The van der Waals surface area contributed by atoms with Crippen molar-refractivity contribution in [3.8, 4) is 5.00 Å². The van der Waals surface area contributed by atoms with Gasteiger partial charge in [-0.05, 0) is 62.1 Å². The zero-order valence-electron chi connectivity index (χ0n) is 18.8. The van der Waals surface area contributed by atoms with Gasteiger partial charge in [-0.15, -0.1) is 22.7 Å². The van der Waals surface area contributed by atoms with Crippen LogP contribution in [0.3, 0.4) is 0 Å². The summed E-state index contributed by atoms with van der Waals surface area (Å²) in [6.45, 7) is 9.15. The van der Waals surface area contributed by atoms with Crippen LogP contribution in [0.1, 0.15) is 46.7 Å². The van der Waals surface area contributed by atoms with E-state index in [2.05, 4.69) is 66.4 Å². The van der Waals surface area contributed by atoms with E-state index in [0.29, 0.717) is 12.5 Å². The van der Waals surface area contributed by atoms with Crippen molar-refractivity contribution in [2.75, 3.05) is 18.9 Å². The number of likely N-dealkylation sites (N-methyl/N-ethyl adjacent to an activating group) is 1. The lowest BCUT2D eigenvalue weighted by Gasteiger charge is -2.22. The number of fused-ring (bicyclic) bond motifs is 1. The first-order chi connectivity index (χ1) is 14.9. The molecule has 0 aliphatic carbocycles. The van der Waals surface area contributed by atoms with Gasteiger partial charge in [0.05, 0.1) is 5.00 Å². The normalized spacial score (nSPS) is 15.0. The first kappa shape index (κ1) is 22.1. The minimum Gasteiger partial charge on any atom is -0.334 e. The average Bonchev–Trinajstić information content (AvgIpc) is 3.45. The van der Waals surface area contributed by atoms with Crippen molar-refractivity contribution < 1.29 is 4.79 Å². The first-order valence-corrected chi connectivity index (χ1v) is 12.7. The summed E-state index contributed by atoms with van der Waals surface area (Å²) in [5.41, 5.74) is 3.80. The van der Waals surface area contributed by atoms with E-state index in [-0.39, 0.29) is 6.03 Å². The number of amides is 2. The van der Waals surface area contributed by atoms with Gasteiger partial charge in [0.2, 0.25) is 0 Å². The van der Waals surface area contributed by atoms with E-state index in [4.69, 9.17) is 0 Å². The van der Waals surface area contributed by atoms with Crippen LogP contribution >= 0.6 is 22.7 Å². The van der Waals surface area contributed by atoms with Crippen LogP contribution in [0.4, 0.5) is 9.80 Å². The molecular weight excluding hydrogens is 424 g/mol. The van der Waals surface area contributed by atoms with Crippen molar-refractivity contribution >= 4 is 33.7 Å². The highest BCUT2D eigenvalue weighted by Crippen LogP contribution is 2.35. The highest BCUT2D eigenvalue weighted by molar-refractivity contribution is 7.16. The van der Waals surface area contributed by atoms with Gasteiger partial charge in [0, 0.05) is 47.3 Å². The number of hydrogen-bond acceptors (Lipinski definition) is 4. The van der Waals surface area contributed by atoms with Crippen LogP contribution in [-0.4, -0.2) is 29.1 Å². The van der Waals surface area contributed by atoms with Gasteiger partial charge in [-0.3, -0.25) is 5.32 Å². The highest BCUT2D eigenvalue weighted by Gasteiger charge is 2.24. The Morgan fingerprint density at radius 3 is 2.77 bits per heavy atom. The smallest absolute Gasteiger partial charge is 0.320 e. The SMILES string of the molecule is CCC(C)Cc1cc(C)c(NC(=O)NCc2c(-n3cccc3)sc3c2CCN(C)C3)s1. The lowest BCUT2D eigenvalue weighted by molar-refractivity contribution is 0.251. The summed E-state index contributed by atoms with van der Waals surface area (Å²) in [5.74, 6) is 0.663. The lowest BCUT2D eigenvalue weighted by Crippen LogP contribution is -2.30. The third-order valence-corrected chi connectivity index (χ3v) is 8.49. The summed E-state index contributed by atoms with van der Waals surface area (Å²) in [4.78, 5) is 17.9. The zero-order valence-corrected chi connectivity index (χ0v) is 20.5. The molecule has 4 rings (SSSR count). The Kier molecular flexibility index (Phi) is 6.84. The lowest BCUT2D eigenvalue weighted by atomic mass is 10.0. The van der Waals surface area contributed by atoms with Crippen molar-refractivity contribution in [2.24, 2.45) is 5.92 Å². The molecule has 0 radical (unpaired) electrons. The molecule has 0 saturated heterocycles. The Labute approximate surface area is 193 Å². The van der Waals surface area contributed by atoms with Crippen LogP contribution in [0.5, 0.6) is 0 Å². The van der Waals surface area contributed by atoms with Gasteiger partial charge >= 0.3 is 6.03 Å². The Morgan fingerprint density at radius 2 is 2.03 bits per heavy atom. The molecule has 0 fully saturated rings. The fourth-order valence-electron chi connectivity index (χ4n) is 4.02. The summed E-state index contributed by atoms with van der Waals surface area (Å²) < 4.78 is 2.17. The van der Waals surface area contributed by atoms with Gasteiger partial charge in [0.15, 0.2) is 0 Å². The number of carbonyl (C=O) groups is 1. The van der Waals surface area contributed by atoms with Gasteiger partial charge in [-0.25, -0.2) is 4.79 Å². The molecule has 166 valence electrons. The van der Waals surface area contributed by atoms with Crippen LogP contribution < -0.4 is 10.6 Å². The molecule has 1 aliphatic heterocycles. The van der Waals surface area contributed by atoms with Crippen LogP contribution in [0.2, 0.25) is 0 Å².